The maximum absolute atomic E-state index is 11.8. The first kappa shape index (κ1) is 15.1. The number of carbonyl (C=O) groups excluding carboxylic acids is 2. The van der Waals surface area contributed by atoms with E-state index in [1.54, 1.807) is 0 Å². The number of methoxy groups -OCH3 is 1. The Bertz CT molecular complexity index is 421. The maximum atomic E-state index is 11.8. The number of esters is 1. The Morgan fingerprint density at radius 3 is 2.40 bits per heavy atom. The van der Waals surface area contributed by atoms with Crippen LogP contribution in [0.25, 0.3) is 0 Å². The van der Waals surface area contributed by atoms with E-state index in [9.17, 15) is 9.59 Å². The molecule has 3 aliphatic carbocycles. The molecule has 0 spiro atoms. The lowest BCUT2D eigenvalue weighted by Gasteiger charge is -2.75. The van der Waals surface area contributed by atoms with E-state index < -0.39 is 11.7 Å². The molecule has 0 heterocycles. The van der Waals surface area contributed by atoms with Crippen molar-refractivity contribution in [3.63, 3.8) is 0 Å². The number of nitrogens with one attached hydrogen (secondary N) is 1. The van der Waals surface area contributed by atoms with E-state index in [-0.39, 0.29) is 23.0 Å². The van der Waals surface area contributed by atoms with E-state index in [1.807, 2.05) is 20.8 Å². The average molecular weight is 284 g/mol. The van der Waals surface area contributed by atoms with Gasteiger partial charge in [0, 0.05) is 12.5 Å². The minimum absolute atomic E-state index is 0.0107. The van der Waals surface area contributed by atoms with Gasteiger partial charge < -0.3 is 20.5 Å². The number of hydrogen-bond acceptors (Lipinski definition) is 5. The number of hydrogen-bond donors (Lipinski definition) is 2. The van der Waals surface area contributed by atoms with Crippen LogP contribution < -0.4 is 11.1 Å². The zero-order valence-corrected chi connectivity index (χ0v) is 12.6. The molecule has 1 atom stereocenters. The van der Waals surface area contributed by atoms with Gasteiger partial charge in [-0.1, -0.05) is 0 Å². The molecule has 6 nitrogen and oxygen atoms in total. The van der Waals surface area contributed by atoms with E-state index in [2.05, 4.69) is 10.1 Å². The van der Waals surface area contributed by atoms with Crippen molar-refractivity contribution in [1.29, 1.82) is 0 Å². The van der Waals surface area contributed by atoms with Crippen molar-refractivity contribution in [2.75, 3.05) is 7.11 Å². The van der Waals surface area contributed by atoms with Gasteiger partial charge in [0.05, 0.1) is 12.6 Å². The predicted molar refractivity (Wildman–Crippen MR) is 73.0 cm³/mol. The SMILES string of the molecule is COC(=O)CCC12CC(NC(=O)OC(C)(C)C)(C1)C2N. The Morgan fingerprint density at radius 2 is 1.95 bits per heavy atom. The number of rotatable bonds is 4. The highest BCUT2D eigenvalue weighted by Crippen LogP contribution is 2.68. The lowest BCUT2D eigenvalue weighted by Crippen LogP contribution is -2.87. The first-order valence-electron chi connectivity index (χ1n) is 6.96. The van der Waals surface area contributed by atoms with Crippen LogP contribution in [0.5, 0.6) is 0 Å². The minimum atomic E-state index is -0.514. The van der Waals surface area contributed by atoms with Crippen molar-refractivity contribution in [3.05, 3.63) is 0 Å². The van der Waals surface area contributed by atoms with Crippen molar-refractivity contribution in [1.82, 2.24) is 5.32 Å². The smallest absolute Gasteiger partial charge is 0.408 e. The topological polar surface area (TPSA) is 90.6 Å². The predicted octanol–water partition coefficient (Wildman–Crippen LogP) is 1.32. The second kappa shape index (κ2) is 4.62. The molecule has 0 aromatic carbocycles. The third-order valence-electron chi connectivity index (χ3n) is 4.39. The number of amides is 1. The number of nitrogens with two attached hydrogens (primary N) is 1. The molecule has 0 aliphatic heterocycles. The molecule has 20 heavy (non-hydrogen) atoms. The third kappa shape index (κ3) is 2.49. The van der Waals surface area contributed by atoms with Gasteiger partial charge in [-0.15, -0.1) is 0 Å². The van der Waals surface area contributed by atoms with E-state index >= 15 is 0 Å². The van der Waals surface area contributed by atoms with E-state index in [0.29, 0.717) is 6.42 Å². The van der Waals surface area contributed by atoms with Crippen molar-refractivity contribution < 1.29 is 19.1 Å². The van der Waals surface area contributed by atoms with Crippen LogP contribution in [0.15, 0.2) is 0 Å². The molecule has 2 bridgehead atoms. The normalized spacial score (nSPS) is 34.5. The van der Waals surface area contributed by atoms with Crippen LogP contribution in [-0.2, 0) is 14.3 Å². The van der Waals surface area contributed by atoms with Gasteiger partial charge in [0.25, 0.3) is 0 Å². The summed E-state index contributed by atoms with van der Waals surface area (Å²) in [5.74, 6) is -0.212. The lowest BCUT2D eigenvalue weighted by molar-refractivity contribution is -0.185. The van der Waals surface area contributed by atoms with E-state index in [0.717, 1.165) is 19.3 Å². The van der Waals surface area contributed by atoms with Gasteiger partial charge in [-0.25, -0.2) is 4.79 Å². The monoisotopic (exact) mass is 284 g/mol. The summed E-state index contributed by atoms with van der Waals surface area (Å²) in [6.07, 6.45) is 2.31. The second-order valence-electron chi connectivity index (χ2n) is 7.05. The lowest BCUT2D eigenvalue weighted by atomic mass is 9.35. The Morgan fingerprint density at radius 1 is 1.35 bits per heavy atom. The average Bonchev–Trinajstić information content (AvgIpc) is 2.29. The summed E-state index contributed by atoms with van der Waals surface area (Å²) in [6, 6.07) is -0.104. The van der Waals surface area contributed by atoms with Crippen LogP contribution in [0.2, 0.25) is 0 Å². The summed E-state index contributed by atoms with van der Waals surface area (Å²) in [6.45, 7) is 5.48. The molecule has 3 rings (SSSR count). The van der Waals surface area contributed by atoms with Crippen LogP contribution in [0.1, 0.15) is 46.5 Å². The molecular weight excluding hydrogens is 260 g/mol. The largest absolute Gasteiger partial charge is 0.469 e. The molecule has 3 fully saturated rings. The molecule has 0 aromatic heterocycles. The molecular formula is C14H24N2O4. The summed E-state index contributed by atoms with van der Waals surface area (Å²) in [4.78, 5) is 23.0. The minimum Gasteiger partial charge on any atom is -0.469 e. The maximum Gasteiger partial charge on any atom is 0.408 e. The molecule has 114 valence electrons. The molecule has 0 aromatic rings. The van der Waals surface area contributed by atoms with Gasteiger partial charge in [0.15, 0.2) is 0 Å². The molecule has 3 saturated carbocycles. The molecule has 1 unspecified atom stereocenters. The standard InChI is InChI=1S/C14H24N2O4/c1-12(2,3)20-11(18)16-14-7-13(8-14,10(14)15)6-5-9(17)19-4/h10H,5-8,15H2,1-4H3,(H,16,18). The summed E-state index contributed by atoms with van der Waals surface area (Å²) in [5.41, 5.74) is 5.30. The Labute approximate surface area is 119 Å². The quantitative estimate of drug-likeness (QED) is 0.760. The number of carbonyl (C=O) groups is 2. The Hall–Kier alpha value is -1.30. The van der Waals surface area contributed by atoms with Gasteiger partial charge in [0.1, 0.15) is 5.60 Å². The molecule has 1 amide bonds. The van der Waals surface area contributed by atoms with E-state index in [1.165, 1.54) is 7.11 Å². The highest BCUT2D eigenvalue weighted by molar-refractivity contribution is 5.71. The van der Waals surface area contributed by atoms with Crippen molar-refractivity contribution in [2.24, 2.45) is 11.1 Å². The number of alkyl carbamates (subject to hydrolysis) is 1. The van der Waals surface area contributed by atoms with Gasteiger partial charge in [0.2, 0.25) is 0 Å². The van der Waals surface area contributed by atoms with Crippen LogP contribution >= 0.6 is 0 Å². The Balaban J connectivity index is 1.81. The summed E-state index contributed by atoms with van der Waals surface area (Å²) in [5, 5.41) is 2.89. The van der Waals surface area contributed by atoms with Gasteiger partial charge in [-0.05, 0) is 45.4 Å². The Kier molecular flexibility index (Phi) is 3.48. The summed E-state index contributed by atoms with van der Waals surface area (Å²) in [7, 11) is 1.38. The fourth-order valence-electron chi connectivity index (χ4n) is 3.43. The van der Waals surface area contributed by atoms with Crippen LogP contribution in [0, 0.1) is 5.41 Å². The fraction of sp³-hybridized carbons (Fsp3) is 0.857. The molecule has 0 saturated heterocycles. The molecule has 3 N–H and O–H groups in total. The number of ether oxygens (including phenoxy) is 2. The van der Waals surface area contributed by atoms with Crippen LogP contribution in [0.3, 0.4) is 0 Å². The van der Waals surface area contributed by atoms with Crippen molar-refractivity contribution in [2.45, 2.75) is 63.6 Å². The van der Waals surface area contributed by atoms with Gasteiger partial charge in [-0.2, -0.15) is 0 Å². The third-order valence-corrected chi connectivity index (χ3v) is 4.39. The van der Waals surface area contributed by atoms with Crippen molar-refractivity contribution in [3.8, 4) is 0 Å². The molecule has 0 radical (unpaired) electrons. The highest BCUT2D eigenvalue weighted by Gasteiger charge is 2.74. The molecule has 3 aliphatic rings. The zero-order valence-electron chi connectivity index (χ0n) is 12.6. The van der Waals surface area contributed by atoms with Gasteiger partial charge >= 0.3 is 12.1 Å². The first-order valence-corrected chi connectivity index (χ1v) is 6.96. The van der Waals surface area contributed by atoms with Crippen LogP contribution in [0.4, 0.5) is 4.79 Å². The van der Waals surface area contributed by atoms with E-state index in [4.69, 9.17) is 10.5 Å². The second-order valence-corrected chi connectivity index (χ2v) is 7.05. The van der Waals surface area contributed by atoms with Crippen LogP contribution in [-0.4, -0.2) is 36.4 Å². The first-order chi connectivity index (χ1) is 9.12. The zero-order chi connectivity index (χ0) is 15.2. The fourth-order valence-corrected chi connectivity index (χ4v) is 3.43. The van der Waals surface area contributed by atoms with Crippen molar-refractivity contribution >= 4 is 12.1 Å². The molecule has 6 heteroatoms. The highest BCUT2D eigenvalue weighted by atomic mass is 16.6. The summed E-state index contributed by atoms with van der Waals surface area (Å²) < 4.78 is 9.89. The summed E-state index contributed by atoms with van der Waals surface area (Å²) >= 11 is 0. The van der Waals surface area contributed by atoms with Gasteiger partial charge in [-0.3, -0.25) is 4.79 Å².